The third-order valence-electron chi connectivity index (χ3n) is 2.41. The summed E-state index contributed by atoms with van der Waals surface area (Å²) >= 11 is 0. The Morgan fingerprint density at radius 3 is 2.50 bits per heavy atom. The second kappa shape index (κ2) is 8.91. The van der Waals surface area contributed by atoms with Gasteiger partial charge in [-0.25, -0.2) is 0 Å². The molecular weight excluding hydrogens is 252 g/mol. The standard InChI is InChI=1S/C13H20N2O2.ClH/c1-10(14)7-8-15-13(16)12-5-3-11(4-6-12)9-17-2;/h3-6,10H,7-9,14H2,1-2H3,(H,15,16);1H. The van der Waals surface area contributed by atoms with E-state index in [1.165, 1.54) is 0 Å². The fourth-order valence-electron chi connectivity index (χ4n) is 1.43. The Labute approximate surface area is 114 Å². The first-order valence-corrected chi connectivity index (χ1v) is 5.75. The molecule has 1 amide bonds. The number of nitrogens with two attached hydrogens (primary N) is 1. The number of methoxy groups -OCH3 is 1. The molecule has 0 fully saturated rings. The van der Waals surface area contributed by atoms with Crippen molar-refractivity contribution in [2.24, 2.45) is 5.73 Å². The van der Waals surface area contributed by atoms with Crippen molar-refractivity contribution in [1.82, 2.24) is 5.32 Å². The molecule has 0 heterocycles. The zero-order valence-electron chi connectivity index (χ0n) is 10.8. The molecule has 18 heavy (non-hydrogen) atoms. The predicted octanol–water partition coefficient (Wildman–Crippen LogP) is 1.72. The molecule has 0 saturated carbocycles. The lowest BCUT2D eigenvalue weighted by Crippen LogP contribution is -2.28. The molecule has 0 aromatic heterocycles. The van der Waals surface area contributed by atoms with Gasteiger partial charge in [0.25, 0.3) is 5.91 Å². The van der Waals surface area contributed by atoms with Crippen molar-refractivity contribution in [2.75, 3.05) is 13.7 Å². The largest absolute Gasteiger partial charge is 0.380 e. The minimum absolute atomic E-state index is 0. The molecule has 0 aliphatic carbocycles. The molecule has 1 aromatic carbocycles. The van der Waals surface area contributed by atoms with Crippen LogP contribution in [-0.2, 0) is 11.3 Å². The molecule has 1 rings (SSSR count). The van der Waals surface area contributed by atoms with E-state index in [0.29, 0.717) is 18.7 Å². The highest BCUT2D eigenvalue weighted by atomic mass is 35.5. The van der Waals surface area contributed by atoms with E-state index in [2.05, 4.69) is 5.32 Å². The number of amides is 1. The number of benzene rings is 1. The summed E-state index contributed by atoms with van der Waals surface area (Å²) in [4.78, 5) is 11.7. The molecule has 3 N–H and O–H groups in total. The topological polar surface area (TPSA) is 64.3 Å². The average Bonchev–Trinajstić information content (AvgIpc) is 2.30. The van der Waals surface area contributed by atoms with Gasteiger partial charge in [0.05, 0.1) is 6.61 Å². The second-order valence-electron chi connectivity index (χ2n) is 4.15. The Morgan fingerprint density at radius 2 is 2.00 bits per heavy atom. The monoisotopic (exact) mass is 272 g/mol. The Kier molecular flexibility index (Phi) is 8.37. The molecule has 0 saturated heterocycles. The van der Waals surface area contributed by atoms with Crippen LogP contribution < -0.4 is 11.1 Å². The van der Waals surface area contributed by atoms with Gasteiger partial charge >= 0.3 is 0 Å². The van der Waals surface area contributed by atoms with Crippen molar-refractivity contribution in [1.29, 1.82) is 0 Å². The molecule has 0 bridgehead atoms. The fourth-order valence-corrected chi connectivity index (χ4v) is 1.43. The molecule has 1 atom stereocenters. The zero-order chi connectivity index (χ0) is 12.7. The summed E-state index contributed by atoms with van der Waals surface area (Å²) in [5.74, 6) is -0.0605. The van der Waals surface area contributed by atoms with Crippen LogP contribution in [0, 0.1) is 0 Å². The maximum absolute atomic E-state index is 11.7. The van der Waals surface area contributed by atoms with E-state index < -0.39 is 0 Å². The number of ether oxygens (including phenoxy) is 1. The number of carbonyl (C=O) groups excluding carboxylic acids is 1. The summed E-state index contributed by atoms with van der Waals surface area (Å²) in [5, 5.41) is 2.83. The van der Waals surface area contributed by atoms with Gasteiger partial charge in [-0.3, -0.25) is 4.79 Å². The first-order chi connectivity index (χ1) is 8.13. The van der Waals surface area contributed by atoms with E-state index >= 15 is 0 Å². The summed E-state index contributed by atoms with van der Waals surface area (Å²) in [5.41, 5.74) is 7.32. The highest BCUT2D eigenvalue weighted by molar-refractivity contribution is 5.94. The maximum atomic E-state index is 11.7. The molecule has 0 spiro atoms. The lowest BCUT2D eigenvalue weighted by molar-refractivity contribution is 0.0952. The highest BCUT2D eigenvalue weighted by Crippen LogP contribution is 2.05. The Morgan fingerprint density at radius 1 is 1.39 bits per heavy atom. The SMILES string of the molecule is COCc1ccc(C(=O)NCCC(C)N)cc1.Cl. The van der Waals surface area contributed by atoms with E-state index in [4.69, 9.17) is 10.5 Å². The number of carbonyl (C=O) groups is 1. The minimum atomic E-state index is -0.0605. The van der Waals surface area contributed by atoms with Crippen LogP contribution in [0.5, 0.6) is 0 Å². The molecule has 1 unspecified atom stereocenters. The fraction of sp³-hybridized carbons (Fsp3) is 0.462. The van der Waals surface area contributed by atoms with Crippen LogP contribution in [0.3, 0.4) is 0 Å². The summed E-state index contributed by atoms with van der Waals surface area (Å²) in [6.45, 7) is 3.09. The third kappa shape index (κ3) is 6.00. The van der Waals surface area contributed by atoms with Gasteiger partial charge in [-0.05, 0) is 31.0 Å². The van der Waals surface area contributed by atoms with Gasteiger partial charge < -0.3 is 15.8 Å². The van der Waals surface area contributed by atoms with E-state index in [1.54, 1.807) is 19.2 Å². The lowest BCUT2D eigenvalue weighted by atomic mass is 10.1. The number of hydrogen-bond donors (Lipinski definition) is 2. The summed E-state index contributed by atoms with van der Waals surface area (Å²) in [6, 6.07) is 7.50. The normalized spacial score (nSPS) is 11.5. The van der Waals surface area contributed by atoms with Crippen molar-refractivity contribution in [3.8, 4) is 0 Å². The summed E-state index contributed by atoms with van der Waals surface area (Å²) in [6.07, 6.45) is 0.785. The lowest BCUT2D eigenvalue weighted by Gasteiger charge is -2.07. The van der Waals surface area contributed by atoms with Crippen molar-refractivity contribution in [3.63, 3.8) is 0 Å². The van der Waals surface area contributed by atoms with Gasteiger partial charge in [-0.1, -0.05) is 12.1 Å². The zero-order valence-corrected chi connectivity index (χ0v) is 11.6. The van der Waals surface area contributed by atoms with E-state index in [1.807, 2.05) is 19.1 Å². The van der Waals surface area contributed by atoms with Crippen molar-refractivity contribution < 1.29 is 9.53 Å². The number of rotatable bonds is 6. The molecule has 4 nitrogen and oxygen atoms in total. The quantitative estimate of drug-likeness (QED) is 0.829. The van der Waals surface area contributed by atoms with Gasteiger partial charge in [0.2, 0.25) is 0 Å². The van der Waals surface area contributed by atoms with Gasteiger partial charge in [0, 0.05) is 25.3 Å². The Bertz CT molecular complexity index is 353. The van der Waals surface area contributed by atoms with Gasteiger partial charge in [-0.2, -0.15) is 0 Å². The van der Waals surface area contributed by atoms with Gasteiger partial charge in [0.15, 0.2) is 0 Å². The first-order valence-electron chi connectivity index (χ1n) is 5.75. The molecule has 102 valence electrons. The van der Waals surface area contributed by atoms with E-state index in [-0.39, 0.29) is 24.4 Å². The van der Waals surface area contributed by atoms with Crippen LogP contribution in [-0.4, -0.2) is 25.6 Å². The smallest absolute Gasteiger partial charge is 0.251 e. The Balaban J connectivity index is 0.00000289. The highest BCUT2D eigenvalue weighted by Gasteiger charge is 2.04. The van der Waals surface area contributed by atoms with Crippen molar-refractivity contribution >= 4 is 18.3 Å². The third-order valence-corrected chi connectivity index (χ3v) is 2.41. The molecular formula is C13H21ClN2O2. The first kappa shape index (κ1) is 16.9. The molecule has 0 aliphatic heterocycles. The molecule has 0 radical (unpaired) electrons. The molecule has 5 heteroatoms. The number of hydrogen-bond acceptors (Lipinski definition) is 3. The van der Waals surface area contributed by atoms with Crippen molar-refractivity contribution in [2.45, 2.75) is 26.0 Å². The molecule has 0 aliphatic rings. The Hall–Kier alpha value is -1.10. The van der Waals surface area contributed by atoms with Gasteiger partial charge in [-0.15, -0.1) is 12.4 Å². The second-order valence-corrected chi connectivity index (χ2v) is 4.15. The number of nitrogens with one attached hydrogen (secondary N) is 1. The summed E-state index contributed by atoms with van der Waals surface area (Å²) in [7, 11) is 1.65. The predicted molar refractivity (Wildman–Crippen MR) is 75.0 cm³/mol. The van der Waals surface area contributed by atoms with Crippen LogP contribution in [0.25, 0.3) is 0 Å². The van der Waals surface area contributed by atoms with Crippen LogP contribution in [0.1, 0.15) is 29.3 Å². The van der Waals surface area contributed by atoms with E-state index in [0.717, 1.165) is 12.0 Å². The van der Waals surface area contributed by atoms with E-state index in [9.17, 15) is 4.79 Å². The minimum Gasteiger partial charge on any atom is -0.380 e. The maximum Gasteiger partial charge on any atom is 0.251 e. The van der Waals surface area contributed by atoms with Crippen LogP contribution in [0.4, 0.5) is 0 Å². The van der Waals surface area contributed by atoms with Crippen LogP contribution in [0.2, 0.25) is 0 Å². The van der Waals surface area contributed by atoms with Crippen molar-refractivity contribution in [3.05, 3.63) is 35.4 Å². The summed E-state index contributed by atoms with van der Waals surface area (Å²) < 4.78 is 5.01. The molecule has 1 aromatic rings. The van der Waals surface area contributed by atoms with Crippen LogP contribution in [0.15, 0.2) is 24.3 Å². The van der Waals surface area contributed by atoms with Crippen LogP contribution >= 0.6 is 12.4 Å². The van der Waals surface area contributed by atoms with Gasteiger partial charge in [0.1, 0.15) is 0 Å². The average molecular weight is 273 g/mol. The number of halogens is 1.